The van der Waals surface area contributed by atoms with Crippen LogP contribution in [0.1, 0.15) is 64.5 Å². The third-order valence-corrected chi connectivity index (χ3v) is 8.48. The third kappa shape index (κ3) is 5.05. The number of anilines is 1. The Morgan fingerprint density at radius 1 is 1.07 bits per heavy atom. The van der Waals surface area contributed by atoms with Gasteiger partial charge in [-0.25, -0.2) is 9.97 Å². The summed E-state index contributed by atoms with van der Waals surface area (Å²) in [5.74, 6) is 3.66. The number of carbonyl (C=O) groups excluding carboxylic acids is 1. The largest absolute Gasteiger partial charge is 0.400 e. The summed E-state index contributed by atoms with van der Waals surface area (Å²) in [7, 11) is 3.06. The van der Waals surface area contributed by atoms with Crippen molar-refractivity contribution in [2.45, 2.75) is 58.3 Å². The lowest BCUT2D eigenvalue weighted by atomic mass is 9.76. The van der Waals surface area contributed by atoms with Crippen molar-refractivity contribution in [2.24, 2.45) is 7.05 Å². The number of carbonyl (C=O) groups is 1. The molecule has 0 bridgehead atoms. The van der Waals surface area contributed by atoms with Crippen LogP contribution in [0.2, 0.25) is 0 Å². The topological polar surface area (TPSA) is 114 Å². The number of para-hydroxylation sites is 2. The summed E-state index contributed by atoms with van der Waals surface area (Å²) in [5.41, 5.74) is 3.30. The Labute approximate surface area is 241 Å². The van der Waals surface area contributed by atoms with Crippen molar-refractivity contribution in [3.63, 3.8) is 0 Å². The maximum absolute atomic E-state index is 12.4. The first kappa shape index (κ1) is 28.9. The molecule has 1 atom stereocenters. The van der Waals surface area contributed by atoms with Gasteiger partial charge in [-0.2, -0.15) is 9.97 Å². The lowest BCUT2D eigenvalue weighted by Gasteiger charge is -2.41. The molecule has 0 aliphatic carbocycles. The zero-order valence-corrected chi connectivity index (χ0v) is 25.1. The van der Waals surface area contributed by atoms with Gasteiger partial charge >= 0.3 is 0 Å². The van der Waals surface area contributed by atoms with Crippen LogP contribution in [-0.2, 0) is 22.0 Å². The van der Waals surface area contributed by atoms with E-state index in [0.717, 1.165) is 85.7 Å². The van der Waals surface area contributed by atoms with Gasteiger partial charge in [-0.05, 0) is 31.4 Å². The van der Waals surface area contributed by atoms with Gasteiger partial charge in [0.25, 0.3) is 0 Å². The van der Waals surface area contributed by atoms with E-state index >= 15 is 0 Å². The second-order valence-corrected chi connectivity index (χ2v) is 11.2. The van der Waals surface area contributed by atoms with Gasteiger partial charge in [-0.1, -0.05) is 32.9 Å². The van der Waals surface area contributed by atoms with Gasteiger partial charge in [0.15, 0.2) is 17.0 Å². The molecule has 3 aromatic heterocycles. The lowest BCUT2D eigenvalue weighted by molar-refractivity contribution is -0.131. The minimum atomic E-state index is -0.230. The summed E-state index contributed by atoms with van der Waals surface area (Å²) in [5, 5.41) is 7.00. The number of amides is 1. The number of fused-ring (bicyclic) bond motifs is 2. The molecular weight excluding hydrogens is 520 g/mol. The van der Waals surface area contributed by atoms with Crippen LogP contribution in [0.4, 0.5) is 5.82 Å². The highest BCUT2D eigenvalue weighted by atomic mass is 16.5. The first-order valence-corrected chi connectivity index (χ1v) is 14.6. The maximum atomic E-state index is 12.4. The Balaban J connectivity index is 0.00000165. The number of aryl methyl sites for hydroxylation is 1. The van der Waals surface area contributed by atoms with E-state index in [1.165, 1.54) is 0 Å². The van der Waals surface area contributed by atoms with Crippen molar-refractivity contribution in [3.8, 4) is 5.95 Å². The highest BCUT2D eigenvalue weighted by molar-refractivity contribution is 5.86. The number of aliphatic hydroxyl groups excluding tert-OH is 1. The summed E-state index contributed by atoms with van der Waals surface area (Å²) in [6.45, 7) is 12.4. The highest BCUT2D eigenvalue weighted by Gasteiger charge is 2.41. The van der Waals surface area contributed by atoms with Crippen LogP contribution in [0.5, 0.6) is 0 Å². The summed E-state index contributed by atoms with van der Waals surface area (Å²) >= 11 is 0. The molecule has 6 rings (SSSR count). The summed E-state index contributed by atoms with van der Waals surface area (Å²) in [4.78, 5) is 37.2. The van der Waals surface area contributed by atoms with Gasteiger partial charge < -0.3 is 24.2 Å². The van der Waals surface area contributed by atoms with Gasteiger partial charge in [-0.15, -0.1) is 0 Å². The van der Waals surface area contributed by atoms with E-state index in [2.05, 4.69) is 47.9 Å². The first-order valence-electron chi connectivity index (χ1n) is 14.6. The second kappa shape index (κ2) is 11.7. The second-order valence-electron chi connectivity index (χ2n) is 11.2. The number of hydrogen-bond donors (Lipinski definition) is 1. The average molecular weight is 563 g/mol. The molecule has 0 spiro atoms. The minimum Gasteiger partial charge on any atom is -0.400 e. The fraction of sp³-hybridized carbons (Fsp3) is 0.567. The first-order chi connectivity index (χ1) is 19.8. The minimum absolute atomic E-state index is 0.121. The summed E-state index contributed by atoms with van der Waals surface area (Å²) in [6, 6.07) is 8.16. The van der Waals surface area contributed by atoms with E-state index < -0.39 is 0 Å². The van der Waals surface area contributed by atoms with Crippen LogP contribution in [0.3, 0.4) is 0 Å². The van der Waals surface area contributed by atoms with Crippen LogP contribution in [-0.4, -0.2) is 91.5 Å². The molecule has 11 nitrogen and oxygen atoms in total. The Bertz CT molecular complexity index is 1540. The number of aliphatic hydroxyl groups is 1. The maximum Gasteiger partial charge on any atom is 0.239 e. The van der Waals surface area contributed by atoms with Crippen LogP contribution in [0.15, 0.2) is 24.3 Å². The fourth-order valence-corrected chi connectivity index (χ4v) is 6.28. The Morgan fingerprint density at radius 2 is 1.80 bits per heavy atom. The molecule has 0 radical (unpaired) electrons. The number of imidazole rings is 2. The van der Waals surface area contributed by atoms with Crippen molar-refractivity contribution >= 4 is 33.9 Å². The third-order valence-electron chi connectivity index (χ3n) is 8.48. The number of benzene rings is 1. The Kier molecular flexibility index (Phi) is 8.28. The average Bonchev–Trinajstić information content (AvgIpc) is 3.57. The highest BCUT2D eigenvalue weighted by Crippen LogP contribution is 2.39. The predicted molar refractivity (Wildman–Crippen MR) is 160 cm³/mol. The van der Waals surface area contributed by atoms with Gasteiger partial charge in [0.1, 0.15) is 11.6 Å². The molecule has 220 valence electrons. The standard InChI is InChI=1S/C29H38N8O2.CH4O/c1-6-29(12-9-13-36(18-29)20(4)38)27-31-23-25(34(27)5)32-28(33-26(23)35-14-16-39-17-15-35)37-22-11-8-7-10-21(22)30-24(37)19(2)3;1-2/h7-8,10-11,19H,6,9,12-18H2,1-5H3;2H,1H3. The normalized spacial score (nSPS) is 19.6. The van der Waals surface area contributed by atoms with E-state index in [4.69, 9.17) is 29.8 Å². The molecule has 1 unspecified atom stereocenters. The van der Waals surface area contributed by atoms with Crippen molar-refractivity contribution in [1.82, 2.24) is 34.0 Å². The zero-order chi connectivity index (χ0) is 29.3. The SMILES string of the molecule is CCC1(c2nc3c(N4CCOCC4)nc(-n4c(C(C)C)nc5ccccc54)nc3n2C)CCCN(C(C)=O)C1.CO. The molecule has 2 aliphatic rings. The van der Waals surface area contributed by atoms with Gasteiger partial charge in [0.05, 0.1) is 24.2 Å². The van der Waals surface area contributed by atoms with Gasteiger partial charge in [0.2, 0.25) is 11.9 Å². The number of piperidine rings is 1. The molecule has 1 N–H and O–H groups in total. The predicted octanol–water partition coefficient (Wildman–Crippen LogP) is 3.56. The van der Waals surface area contributed by atoms with Crippen molar-refractivity contribution in [1.29, 1.82) is 0 Å². The Morgan fingerprint density at radius 3 is 2.49 bits per heavy atom. The molecule has 2 fully saturated rings. The van der Waals surface area contributed by atoms with Crippen molar-refractivity contribution in [3.05, 3.63) is 35.9 Å². The molecule has 2 saturated heterocycles. The zero-order valence-electron chi connectivity index (χ0n) is 25.1. The molecule has 41 heavy (non-hydrogen) atoms. The van der Waals surface area contributed by atoms with E-state index in [9.17, 15) is 4.79 Å². The quantitative estimate of drug-likeness (QED) is 0.393. The number of hydrogen-bond acceptors (Lipinski definition) is 8. The number of morpholine rings is 1. The lowest BCUT2D eigenvalue weighted by Crippen LogP contribution is -2.48. The Hall–Kier alpha value is -3.57. The van der Waals surface area contributed by atoms with Gasteiger partial charge in [0, 0.05) is 58.6 Å². The summed E-state index contributed by atoms with van der Waals surface area (Å²) < 4.78 is 9.92. The molecular formula is C30H42N8O3. The number of ether oxygens (including phenoxy) is 1. The van der Waals surface area contributed by atoms with Crippen LogP contribution in [0.25, 0.3) is 28.1 Å². The molecule has 0 saturated carbocycles. The molecule has 11 heteroatoms. The summed E-state index contributed by atoms with van der Waals surface area (Å²) in [6.07, 6.45) is 2.84. The molecule has 1 aromatic carbocycles. The molecule has 1 amide bonds. The van der Waals surface area contributed by atoms with Crippen LogP contribution >= 0.6 is 0 Å². The van der Waals surface area contributed by atoms with E-state index in [-0.39, 0.29) is 17.2 Å². The van der Waals surface area contributed by atoms with Crippen LogP contribution in [0, 0.1) is 0 Å². The number of aromatic nitrogens is 6. The van der Waals surface area contributed by atoms with Crippen molar-refractivity contribution in [2.75, 3.05) is 51.4 Å². The molecule has 4 aromatic rings. The molecule has 5 heterocycles. The monoisotopic (exact) mass is 562 g/mol. The van der Waals surface area contributed by atoms with E-state index in [0.29, 0.717) is 25.7 Å². The number of likely N-dealkylation sites (tertiary alicyclic amines) is 1. The van der Waals surface area contributed by atoms with Gasteiger partial charge in [-0.3, -0.25) is 9.36 Å². The van der Waals surface area contributed by atoms with E-state index in [1.807, 2.05) is 23.1 Å². The molecule has 2 aliphatic heterocycles. The smallest absolute Gasteiger partial charge is 0.239 e. The van der Waals surface area contributed by atoms with E-state index in [1.54, 1.807) is 6.92 Å². The number of rotatable bonds is 5. The van der Waals surface area contributed by atoms with Crippen LogP contribution < -0.4 is 4.90 Å². The van der Waals surface area contributed by atoms with Crippen molar-refractivity contribution < 1.29 is 14.6 Å². The fourth-order valence-electron chi connectivity index (χ4n) is 6.28. The number of nitrogens with zero attached hydrogens (tertiary/aromatic N) is 8.